The van der Waals surface area contributed by atoms with E-state index < -0.39 is 0 Å². The summed E-state index contributed by atoms with van der Waals surface area (Å²) >= 11 is 0. The van der Waals surface area contributed by atoms with Crippen molar-refractivity contribution < 1.29 is 4.79 Å². The second-order valence-corrected chi connectivity index (χ2v) is 3.63. The zero-order chi connectivity index (χ0) is 10.8. The van der Waals surface area contributed by atoms with Crippen molar-refractivity contribution in [2.45, 2.75) is 12.5 Å². The highest BCUT2D eigenvalue weighted by Crippen LogP contribution is 2.20. The Balaban J connectivity index is 2.23. The summed E-state index contributed by atoms with van der Waals surface area (Å²) in [6.07, 6.45) is 0.403. The van der Waals surface area contributed by atoms with E-state index in [1.807, 2.05) is 6.07 Å². The van der Waals surface area contributed by atoms with E-state index in [1.54, 1.807) is 29.2 Å². The molecule has 4 heteroatoms. The van der Waals surface area contributed by atoms with Crippen molar-refractivity contribution in [3.05, 3.63) is 29.8 Å². The summed E-state index contributed by atoms with van der Waals surface area (Å²) in [6.45, 7) is 0.560. The van der Waals surface area contributed by atoms with Crippen LogP contribution in [0.15, 0.2) is 24.3 Å². The number of rotatable bonds is 1. The van der Waals surface area contributed by atoms with E-state index in [2.05, 4.69) is 0 Å². The molecule has 2 N–H and O–H groups in total. The topological polar surface area (TPSA) is 70.1 Å². The molecule has 1 saturated heterocycles. The van der Waals surface area contributed by atoms with Gasteiger partial charge in [0.25, 0.3) is 0 Å². The Bertz CT molecular complexity index is 418. The predicted octanol–water partition coefficient (Wildman–Crippen LogP) is 0.622. The fourth-order valence-corrected chi connectivity index (χ4v) is 1.70. The van der Waals surface area contributed by atoms with Gasteiger partial charge in [-0.05, 0) is 24.3 Å². The molecule has 1 aliphatic rings. The maximum Gasteiger partial charge on any atom is 0.228 e. The molecule has 1 aliphatic heterocycles. The van der Waals surface area contributed by atoms with Crippen LogP contribution in [0.25, 0.3) is 0 Å². The minimum Gasteiger partial charge on any atom is -0.326 e. The first-order valence-electron chi connectivity index (χ1n) is 4.77. The van der Waals surface area contributed by atoms with Crippen LogP contribution < -0.4 is 10.6 Å². The molecule has 4 nitrogen and oxygen atoms in total. The lowest BCUT2D eigenvalue weighted by Gasteiger charge is -2.15. The standard InChI is InChI=1S/C11H11N3O/c12-6-8-1-3-10(4-2-8)14-7-9(13)5-11(14)15/h1-4,9H,5,7,13H2. The number of hydrogen-bond acceptors (Lipinski definition) is 3. The van der Waals surface area contributed by atoms with E-state index in [-0.39, 0.29) is 11.9 Å². The van der Waals surface area contributed by atoms with Gasteiger partial charge in [0.05, 0.1) is 11.6 Å². The van der Waals surface area contributed by atoms with Gasteiger partial charge < -0.3 is 10.6 Å². The molecule has 2 rings (SSSR count). The van der Waals surface area contributed by atoms with Crippen LogP contribution in [-0.4, -0.2) is 18.5 Å². The second-order valence-electron chi connectivity index (χ2n) is 3.63. The summed E-state index contributed by atoms with van der Waals surface area (Å²) in [5, 5.41) is 8.64. The lowest BCUT2D eigenvalue weighted by atomic mass is 10.2. The number of hydrogen-bond donors (Lipinski definition) is 1. The first-order valence-corrected chi connectivity index (χ1v) is 4.77. The van der Waals surface area contributed by atoms with Crippen molar-refractivity contribution >= 4 is 11.6 Å². The highest BCUT2D eigenvalue weighted by atomic mass is 16.2. The van der Waals surface area contributed by atoms with E-state index >= 15 is 0 Å². The zero-order valence-corrected chi connectivity index (χ0v) is 8.18. The number of nitrogens with zero attached hydrogens (tertiary/aromatic N) is 2. The van der Waals surface area contributed by atoms with Crippen molar-refractivity contribution in [2.75, 3.05) is 11.4 Å². The minimum atomic E-state index is -0.0758. The van der Waals surface area contributed by atoms with Gasteiger partial charge in [-0.15, -0.1) is 0 Å². The minimum absolute atomic E-state index is 0.0483. The molecule has 1 heterocycles. The van der Waals surface area contributed by atoms with Crippen LogP contribution in [0.1, 0.15) is 12.0 Å². The third-order valence-electron chi connectivity index (χ3n) is 2.46. The fraction of sp³-hybridized carbons (Fsp3) is 0.273. The van der Waals surface area contributed by atoms with Crippen molar-refractivity contribution in [2.24, 2.45) is 5.73 Å². The summed E-state index contributed by atoms with van der Waals surface area (Å²) in [5.74, 6) is 0.0483. The number of benzene rings is 1. The molecule has 0 spiro atoms. The third kappa shape index (κ3) is 1.83. The Morgan fingerprint density at radius 1 is 1.40 bits per heavy atom. The summed E-state index contributed by atoms with van der Waals surface area (Å²) in [6, 6.07) is 8.91. The molecule has 0 bridgehead atoms. The molecule has 15 heavy (non-hydrogen) atoms. The van der Waals surface area contributed by atoms with Gasteiger partial charge >= 0.3 is 0 Å². The highest BCUT2D eigenvalue weighted by molar-refractivity contribution is 5.96. The van der Waals surface area contributed by atoms with E-state index in [1.165, 1.54) is 0 Å². The molecule has 1 unspecified atom stereocenters. The van der Waals surface area contributed by atoms with E-state index in [0.717, 1.165) is 5.69 Å². The Morgan fingerprint density at radius 3 is 2.53 bits per heavy atom. The summed E-state index contributed by atoms with van der Waals surface area (Å²) < 4.78 is 0. The maximum absolute atomic E-state index is 11.5. The Labute approximate surface area is 87.9 Å². The second kappa shape index (κ2) is 3.71. The predicted molar refractivity (Wildman–Crippen MR) is 56.1 cm³/mol. The molecular weight excluding hydrogens is 190 g/mol. The summed E-state index contributed by atoms with van der Waals surface area (Å²) in [5.41, 5.74) is 7.10. The average molecular weight is 201 g/mol. The molecular formula is C11H11N3O. The fourth-order valence-electron chi connectivity index (χ4n) is 1.70. The van der Waals surface area contributed by atoms with Gasteiger partial charge in [0.2, 0.25) is 5.91 Å². The van der Waals surface area contributed by atoms with Gasteiger partial charge in [0.1, 0.15) is 0 Å². The lowest BCUT2D eigenvalue weighted by Crippen LogP contribution is -2.27. The number of carbonyl (C=O) groups excluding carboxylic acids is 1. The molecule has 0 saturated carbocycles. The average Bonchev–Trinajstić information content (AvgIpc) is 2.58. The molecule has 1 aromatic carbocycles. The Hall–Kier alpha value is -1.86. The van der Waals surface area contributed by atoms with Crippen LogP contribution in [0, 0.1) is 11.3 Å². The molecule has 0 aliphatic carbocycles. The SMILES string of the molecule is N#Cc1ccc(N2CC(N)CC2=O)cc1. The van der Waals surface area contributed by atoms with Gasteiger partial charge in [0.15, 0.2) is 0 Å². The van der Waals surface area contributed by atoms with Gasteiger partial charge in [-0.3, -0.25) is 4.79 Å². The van der Waals surface area contributed by atoms with Gasteiger partial charge in [0, 0.05) is 24.7 Å². The van der Waals surface area contributed by atoms with E-state index in [4.69, 9.17) is 11.0 Å². The molecule has 1 aromatic rings. The van der Waals surface area contributed by atoms with Crippen LogP contribution in [0.4, 0.5) is 5.69 Å². The first kappa shape index (κ1) is 9.69. The Morgan fingerprint density at radius 2 is 2.07 bits per heavy atom. The number of nitrogens with two attached hydrogens (primary N) is 1. The van der Waals surface area contributed by atoms with E-state index in [9.17, 15) is 4.79 Å². The van der Waals surface area contributed by atoms with Gasteiger partial charge in [-0.2, -0.15) is 5.26 Å². The van der Waals surface area contributed by atoms with Crippen LogP contribution in [0.2, 0.25) is 0 Å². The molecule has 0 radical (unpaired) electrons. The molecule has 76 valence electrons. The lowest BCUT2D eigenvalue weighted by molar-refractivity contribution is -0.117. The van der Waals surface area contributed by atoms with E-state index in [0.29, 0.717) is 18.5 Å². The molecule has 1 atom stereocenters. The largest absolute Gasteiger partial charge is 0.326 e. The van der Waals surface area contributed by atoms with Crippen molar-refractivity contribution in [1.29, 1.82) is 5.26 Å². The highest BCUT2D eigenvalue weighted by Gasteiger charge is 2.27. The number of anilines is 1. The van der Waals surface area contributed by atoms with Crippen LogP contribution in [-0.2, 0) is 4.79 Å². The number of nitriles is 1. The van der Waals surface area contributed by atoms with Gasteiger partial charge in [-0.25, -0.2) is 0 Å². The molecule has 0 aromatic heterocycles. The van der Waals surface area contributed by atoms with Gasteiger partial charge in [-0.1, -0.05) is 0 Å². The van der Waals surface area contributed by atoms with Crippen molar-refractivity contribution in [1.82, 2.24) is 0 Å². The van der Waals surface area contributed by atoms with Crippen LogP contribution >= 0.6 is 0 Å². The van der Waals surface area contributed by atoms with Crippen molar-refractivity contribution in [3.8, 4) is 6.07 Å². The van der Waals surface area contributed by atoms with Crippen LogP contribution in [0.3, 0.4) is 0 Å². The normalized spacial score (nSPS) is 20.4. The third-order valence-corrected chi connectivity index (χ3v) is 2.46. The molecule has 1 amide bonds. The number of amides is 1. The number of carbonyl (C=O) groups is 1. The monoisotopic (exact) mass is 201 g/mol. The van der Waals surface area contributed by atoms with Crippen LogP contribution in [0.5, 0.6) is 0 Å². The maximum atomic E-state index is 11.5. The summed E-state index contributed by atoms with van der Waals surface area (Å²) in [4.78, 5) is 13.2. The smallest absolute Gasteiger partial charge is 0.228 e. The Kier molecular flexibility index (Phi) is 2.40. The molecule has 1 fully saturated rings. The quantitative estimate of drug-likeness (QED) is 0.724. The van der Waals surface area contributed by atoms with Crippen molar-refractivity contribution in [3.63, 3.8) is 0 Å². The first-order chi connectivity index (χ1) is 7.20. The zero-order valence-electron chi connectivity index (χ0n) is 8.18. The summed E-state index contributed by atoms with van der Waals surface area (Å²) in [7, 11) is 0.